The quantitative estimate of drug-likeness (QED) is 0.873. The van der Waals surface area contributed by atoms with Gasteiger partial charge in [-0.15, -0.1) is 0 Å². The lowest BCUT2D eigenvalue weighted by Gasteiger charge is -2.36. The maximum atomic E-state index is 13.3. The van der Waals surface area contributed by atoms with Crippen molar-refractivity contribution in [2.24, 2.45) is 0 Å². The Balaban J connectivity index is 1.53. The van der Waals surface area contributed by atoms with E-state index in [1.807, 2.05) is 31.2 Å². The molecule has 2 atom stereocenters. The molecule has 2 aromatic carbocycles. The molecule has 0 spiro atoms. The Bertz CT molecular complexity index is 792. The third-order valence-corrected chi connectivity index (χ3v) is 4.87. The van der Waals surface area contributed by atoms with E-state index in [2.05, 4.69) is 0 Å². The number of β-amino-alcohol motifs (C(OH)–C–C–N with tert-alkyl or cyclic N) is 1. The first-order valence-corrected chi connectivity index (χ1v) is 9.05. The summed E-state index contributed by atoms with van der Waals surface area (Å²) in [6, 6.07) is 10.9. The van der Waals surface area contributed by atoms with Crippen LogP contribution in [0.2, 0.25) is 0 Å². The van der Waals surface area contributed by atoms with E-state index in [0.717, 1.165) is 29.3 Å². The van der Waals surface area contributed by atoms with Crippen molar-refractivity contribution in [3.05, 3.63) is 65.2 Å². The minimum absolute atomic E-state index is 0.0208. The number of likely N-dealkylation sites (tertiary alicyclic amines) is 1. The number of halogens is 2. The van der Waals surface area contributed by atoms with Crippen molar-refractivity contribution in [2.75, 3.05) is 13.1 Å². The summed E-state index contributed by atoms with van der Waals surface area (Å²) in [5.74, 6) is -1.45. The average Bonchev–Trinajstić information content (AvgIpc) is 2.61. The highest BCUT2D eigenvalue weighted by molar-refractivity contribution is 5.76. The predicted octanol–water partition coefficient (Wildman–Crippen LogP) is 3.25. The number of rotatable bonds is 5. The fourth-order valence-corrected chi connectivity index (χ4v) is 3.34. The number of hydrogen-bond donors (Lipinski definition) is 1. The molecule has 1 N–H and O–H groups in total. The van der Waals surface area contributed by atoms with Gasteiger partial charge in [0.25, 0.3) is 0 Å². The number of amides is 1. The molecule has 144 valence electrons. The van der Waals surface area contributed by atoms with Gasteiger partial charge in [0, 0.05) is 37.6 Å². The molecular weight excluding hydrogens is 352 g/mol. The van der Waals surface area contributed by atoms with Crippen LogP contribution in [0.15, 0.2) is 42.5 Å². The molecule has 0 aliphatic carbocycles. The molecule has 6 heteroatoms. The Hall–Kier alpha value is -2.47. The van der Waals surface area contributed by atoms with Crippen LogP contribution in [0.3, 0.4) is 0 Å². The van der Waals surface area contributed by atoms with Gasteiger partial charge in [0.1, 0.15) is 29.6 Å². The summed E-state index contributed by atoms with van der Waals surface area (Å²) < 4.78 is 32.1. The second-order valence-electron chi connectivity index (χ2n) is 6.88. The smallest absolute Gasteiger partial charge is 0.222 e. The Kier molecular flexibility index (Phi) is 6.06. The van der Waals surface area contributed by atoms with Crippen LogP contribution in [-0.2, 0) is 11.2 Å². The maximum absolute atomic E-state index is 13.3. The summed E-state index contributed by atoms with van der Waals surface area (Å²) in [6.45, 7) is 2.60. The van der Waals surface area contributed by atoms with Gasteiger partial charge in [-0.05, 0) is 24.5 Å². The van der Waals surface area contributed by atoms with Crippen LogP contribution in [0.5, 0.6) is 5.75 Å². The van der Waals surface area contributed by atoms with Crippen molar-refractivity contribution in [1.29, 1.82) is 0 Å². The fraction of sp³-hybridized carbons (Fsp3) is 0.381. The first kappa shape index (κ1) is 19.3. The van der Waals surface area contributed by atoms with Gasteiger partial charge >= 0.3 is 0 Å². The summed E-state index contributed by atoms with van der Waals surface area (Å²) in [6.07, 6.45) is -0.0899. The molecule has 1 saturated heterocycles. The number of benzene rings is 2. The van der Waals surface area contributed by atoms with Crippen LogP contribution in [0.1, 0.15) is 24.0 Å². The largest absolute Gasteiger partial charge is 0.487 e. The number of hydrogen-bond acceptors (Lipinski definition) is 3. The zero-order valence-electron chi connectivity index (χ0n) is 15.2. The van der Waals surface area contributed by atoms with Crippen LogP contribution in [0, 0.1) is 18.6 Å². The van der Waals surface area contributed by atoms with Gasteiger partial charge in [0.2, 0.25) is 5.91 Å². The lowest BCUT2D eigenvalue weighted by Crippen LogP contribution is -2.51. The molecule has 1 amide bonds. The maximum Gasteiger partial charge on any atom is 0.222 e. The molecule has 0 unspecified atom stereocenters. The third kappa shape index (κ3) is 5.04. The standard InChI is InChI=1S/C21H23F2NO3/c1-14-4-2-3-5-15(14)6-7-21(26)24-9-8-20(19(25)13-24)27-18-11-16(22)10-17(23)12-18/h2-5,10-12,19-20,25H,6-9,13H2,1H3/t19-,20-/m1/s1. The molecule has 1 heterocycles. The van der Waals surface area contributed by atoms with Crippen molar-refractivity contribution in [3.63, 3.8) is 0 Å². The first-order chi connectivity index (χ1) is 12.9. The number of aryl methyl sites for hydroxylation is 2. The van der Waals surface area contributed by atoms with Crippen molar-refractivity contribution in [1.82, 2.24) is 4.90 Å². The van der Waals surface area contributed by atoms with Gasteiger partial charge in [-0.1, -0.05) is 24.3 Å². The summed E-state index contributed by atoms with van der Waals surface area (Å²) in [7, 11) is 0. The monoisotopic (exact) mass is 375 g/mol. The van der Waals surface area contributed by atoms with Crippen LogP contribution in [-0.4, -0.2) is 41.2 Å². The third-order valence-electron chi connectivity index (χ3n) is 4.87. The molecule has 1 fully saturated rings. The number of ether oxygens (including phenoxy) is 1. The van der Waals surface area contributed by atoms with Crippen LogP contribution >= 0.6 is 0 Å². The second kappa shape index (κ2) is 8.48. The number of carbonyl (C=O) groups excluding carboxylic acids is 1. The molecule has 3 rings (SSSR count). The molecule has 1 aliphatic rings. The van der Waals surface area contributed by atoms with Gasteiger partial charge in [-0.2, -0.15) is 0 Å². The van der Waals surface area contributed by atoms with E-state index in [1.54, 1.807) is 4.90 Å². The van der Waals surface area contributed by atoms with Crippen molar-refractivity contribution >= 4 is 5.91 Å². The zero-order valence-corrected chi connectivity index (χ0v) is 15.2. The second-order valence-corrected chi connectivity index (χ2v) is 6.88. The molecule has 0 bridgehead atoms. The van der Waals surface area contributed by atoms with Crippen LogP contribution in [0.4, 0.5) is 8.78 Å². The van der Waals surface area contributed by atoms with Crippen LogP contribution in [0.25, 0.3) is 0 Å². The summed E-state index contributed by atoms with van der Waals surface area (Å²) in [4.78, 5) is 14.1. The first-order valence-electron chi connectivity index (χ1n) is 9.05. The van der Waals surface area contributed by atoms with Crippen molar-refractivity contribution in [2.45, 2.75) is 38.4 Å². The molecule has 0 aromatic heterocycles. The summed E-state index contributed by atoms with van der Waals surface area (Å²) in [5.41, 5.74) is 2.29. The van der Waals surface area contributed by atoms with Gasteiger partial charge in [-0.25, -0.2) is 8.78 Å². The minimum atomic E-state index is -0.910. The number of aliphatic hydroxyl groups is 1. The molecular formula is C21H23F2NO3. The highest BCUT2D eigenvalue weighted by Crippen LogP contribution is 2.22. The number of piperidine rings is 1. The molecule has 0 saturated carbocycles. The van der Waals surface area contributed by atoms with Gasteiger partial charge < -0.3 is 14.7 Å². The predicted molar refractivity (Wildman–Crippen MR) is 97.5 cm³/mol. The number of aliphatic hydroxyl groups excluding tert-OH is 1. The number of nitrogens with zero attached hydrogens (tertiary/aromatic N) is 1. The van der Waals surface area contributed by atoms with Crippen molar-refractivity contribution in [3.8, 4) is 5.75 Å². The van der Waals surface area contributed by atoms with E-state index < -0.39 is 23.8 Å². The Labute approximate surface area is 157 Å². The van der Waals surface area contributed by atoms with Gasteiger partial charge in [0.15, 0.2) is 0 Å². The highest BCUT2D eigenvalue weighted by Gasteiger charge is 2.31. The van der Waals surface area contributed by atoms with E-state index in [-0.39, 0.29) is 18.2 Å². The summed E-state index contributed by atoms with van der Waals surface area (Å²) in [5, 5.41) is 10.3. The molecule has 1 aliphatic heterocycles. The SMILES string of the molecule is Cc1ccccc1CCC(=O)N1CC[C@@H](Oc2cc(F)cc(F)c2)[C@H](O)C1. The molecule has 27 heavy (non-hydrogen) atoms. The Morgan fingerprint density at radius 1 is 1.22 bits per heavy atom. The van der Waals surface area contributed by atoms with E-state index >= 15 is 0 Å². The summed E-state index contributed by atoms with van der Waals surface area (Å²) >= 11 is 0. The Morgan fingerprint density at radius 3 is 2.59 bits per heavy atom. The van der Waals surface area contributed by atoms with E-state index in [4.69, 9.17) is 4.74 Å². The van der Waals surface area contributed by atoms with Crippen LogP contribution < -0.4 is 4.74 Å². The lowest BCUT2D eigenvalue weighted by molar-refractivity contribution is -0.137. The van der Waals surface area contributed by atoms with Crippen molar-refractivity contribution < 1.29 is 23.4 Å². The zero-order chi connectivity index (χ0) is 19.4. The van der Waals surface area contributed by atoms with E-state index in [0.29, 0.717) is 25.8 Å². The molecule has 4 nitrogen and oxygen atoms in total. The average molecular weight is 375 g/mol. The van der Waals surface area contributed by atoms with Gasteiger partial charge in [-0.3, -0.25) is 4.79 Å². The van der Waals surface area contributed by atoms with E-state index in [9.17, 15) is 18.7 Å². The minimum Gasteiger partial charge on any atom is -0.487 e. The molecule has 2 aromatic rings. The normalized spacial score (nSPS) is 19.8. The topological polar surface area (TPSA) is 49.8 Å². The van der Waals surface area contributed by atoms with Gasteiger partial charge in [0.05, 0.1) is 6.54 Å². The number of carbonyl (C=O) groups is 1. The molecule has 0 radical (unpaired) electrons. The lowest BCUT2D eigenvalue weighted by atomic mass is 10.0. The highest BCUT2D eigenvalue weighted by atomic mass is 19.1. The fourth-order valence-electron chi connectivity index (χ4n) is 3.34. The Morgan fingerprint density at radius 2 is 1.93 bits per heavy atom. The van der Waals surface area contributed by atoms with E-state index in [1.165, 1.54) is 0 Å².